The number of carbonyl (C=O) groups excluding carboxylic acids is 2. The summed E-state index contributed by atoms with van der Waals surface area (Å²) >= 11 is 0. The maximum atomic E-state index is 13.5. The molecular weight excluding hydrogens is 508 g/mol. The molecule has 0 saturated carbocycles. The monoisotopic (exact) mass is 550 g/mol. The number of ether oxygens (including phenoxy) is 3. The van der Waals surface area contributed by atoms with Crippen LogP contribution in [-0.4, -0.2) is 60.7 Å². The summed E-state index contributed by atoms with van der Waals surface area (Å²) in [5, 5.41) is 3.20. The zero-order chi connectivity index (χ0) is 28.9. The van der Waals surface area contributed by atoms with Crippen LogP contribution in [0.5, 0.6) is 5.75 Å². The summed E-state index contributed by atoms with van der Waals surface area (Å²) in [4.78, 5) is 33.3. The SMILES string of the molecule is CCC1(CC)CC(=O)N([C@H](COCCOC)c2cccc(C(=O)N[C@H]3CC(C)(C)Oc4ccccc43)c2)C(N)=N1. The zero-order valence-electron chi connectivity index (χ0n) is 24.2. The number of methoxy groups -OCH3 is 1. The summed E-state index contributed by atoms with van der Waals surface area (Å²) in [7, 11) is 1.61. The number of carbonyl (C=O) groups is 2. The molecule has 9 heteroatoms. The van der Waals surface area contributed by atoms with Gasteiger partial charge in [0, 0.05) is 24.7 Å². The lowest BCUT2D eigenvalue weighted by atomic mass is 9.87. The number of nitrogens with two attached hydrogens (primary N) is 1. The molecule has 2 heterocycles. The molecular formula is C31H42N4O5. The minimum Gasteiger partial charge on any atom is -0.487 e. The molecule has 2 aromatic carbocycles. The second-order valence-corrected chi connectivity index (χ2v) is 11.2. The van der Waals surface area contributed by atoms with Crippen molar-refractivity contribution in [3.63, 3.8) is 0 Å². The van der Waals surface area contributed by atoms with Crippen LogP contribution in [0.2, 0.25) is 0 Å². The van der Waals surface area contributed by atoms with Gasteiger partial charge in [0.05, 0.1) is 43.9 Å². The van der Waals surface area contributed by atoms with Gasteiger partial charge in [-0.2, -0.15) is 0 Å². The molecule has 0 bridgehead atoms. The number of nitrogens with zero attached hydrogens (tertiary/aromatic N) is 2. The third-order valence-electron chi connectivity index (χ3n) is 7.90. The van der Waals surface area contributed by atoms with Crippen LogP contribution < -0.4 is 15.8 Å². The number of hydrogen-bond donors (Lipinski definition) is 2. The van der Waals surface area contributed by atoms with E-state index in [9.17, 15) is 9.59 Å². The highest BCUT2D eigenvalue weighted by atomic mass is 16.5. The largest absolute Gasteiger partial charge is 0.487 e. The fraction of sp³-hybridized carbons (Fsp3) is 0.516. The Morgan fingerprint density at radius 3 is 2.62 bits per heavy atom. The molecule has 2 aliphatic rings. The first-order valence-electron chi connectivity index (χ1n) is 14.0. The van der Waals surface area contributed by atoms with Gasteiger partial charge in [0.1, 0.15) is 11.4 Å². The average Bonchev–Trinajstić information content (AvgIpc) is 2.93. The normalized spacial score (nSPS) is 20.2. The minimum absolute atomic E-state index is 0.104. The van der Waals surface area contributed by atoms with Crippen molar-refractivity contribution in [2.75, 3.05) is 26.9 Å². The van der Waals surface area contributed by atoms with E-state index < -0.39 is 17.2 Å². The number of hydrogen-bond acceptors (Lipinski definition) is 7. The molecule has 2 atom stereocenters. The molecule has 2 aromatic rings. The van der Waals surface area contributed by atoms with Crippen molar-refractivity contribution in [1.82, 2.24) is 10.2 Å². The summed E-state index contributed by atoms with van der Waals surface area (Å²) in [6.45, 7) is 9.05. The van der Waals surface area contributed by atoms with Gasteiger partial charge >= 0.3 is 0 Å². The molecule has 0 unspecified atom stereocenters. The molecule has 40 heavy (non-hydrogen) atoms. The molecule has 0 aromatic heterocycles. The third kappa shape index (κ3) is 6.47. The molecule has 9 nitrogen and oxygen atoms in total. The van der Waals surface area contributed by atoms with Gasteiger partial charge < -0.3 is 25.3 Å². The number of para-hydroxylation sites is 1. The van der Waals surface area contributed by atoms with Crippen molar-refractivity contribution in [2.45, 2.75) is 76.6 Å². The number of amides is 2. The topological polar surface area (TPSA) is 115 Å². The molecule has 0 aliphatic carbocycles. The Labute approximate surface area is 237 Å². The number of guanidine groups is 1. The molecule has 4 rings (SSSR count). The van der Waals surface area contributed by atoms with Gasteiger partial charge in [-0.05, 0) is 50.5 Å². The summed E-state index contributed by atoms with van der Waals surface area (Å²) in [5.74, 6) is 0.643. The molecule has 3 N–H and O–H groups in total. The van der Waals surface area contributed by atoms with Crippen molar-refractivity contribution < 1.29 is 23.8 Å². The van der Waals surface area contributed by atoms with Gasteiger partial charge in [-0.15, -0.1) is 0 Å². The Balaban J connectivity index is 1.62. The number of nitrogens with one attached hydrogen (secondary N) is 1. The van der Waals surface area contributed by atoms with E-state index in [1.54, 1.807) is 19.2 Å². The quantitative estimate of drug-likeness (QED) is 0.397. The second kappa shape index (κ2) is 12.4. The highest BCUT2D eigenvalue weighted by Crippen LogP contribution is 2.39. The van der Waals surface area contributed by atoms with E-state index in [4.69, 9.17) is 24.9 Å². The fourth-order valence-corrected chi connectivity index (χ4v) is 5.54. The predicted octanol–water partition coefficient (Wildman–Crippen LogP) is 4.53. The Bertz CT molecular complexity index is 1240. The smallest absolute Gasteiger partial charge is 0.251 e. The van der Waals surface area contributed by atoms with E-state index in [1.807, 2.05) is 64.1 Å². The van der Waals surface area contributed by atoms with Crippen LogP contribution in [0.15, 0.2) is 53.5 Å². The molecule has 0 saturated heterocycles. The number of fused-ring (bicyclic) bond motifs is 1. The first kappa shape index (κ1) is 29.6. The van der Waals surface area contributed by atoms with E-state index in [1.165, 1.54) is 4.90 Å². The van der Waals surface area contributed by atoms with Crippen LogP contribution in [0.1, 0.15) is 86.9 Å². The number of rotatable bonds is 11. The summed E-state index contributed by atoms with van der Waals surface area (Å²) in [6, 6.07) is 14.3. The van der Waals surface area contributed by atoms with E-state index in [0.717, 1.165) is 29.7 Å². The Morgan fingerprint density at radius 2 is 1.93 bits per heavy atom. The number of aliphatic imine (C=N–C) groups is 1. The van der Waals surface area contributed by atoms with E-state index in [-0.39, 0.29) is 36.8 Å². The maximum Gasteiger partial charge on any atom is 0.251 e. The maximum absolute atomic E-state index is 13.5. The molecule has 0 radical (unpaired) electrons. The van der Waals surface area contributed by atoms with E-state index >= 15 is 0 Å². The van der Waals surface area contributed by atoms with Crippen LogP contribution in [0.4, 0.5) is 0 Å². The predicted molar refractivity (Wildman–Crippen MR) is 154 cm³/mol. The van der Waals surface area contributed by atoms with Crippen LogP contribution in [-0.2, 0) is 14.3 Å². The van der Waals surface area contributed by atoms with Crippen molar-refractivity contribution in [2.24, 2.45) is 10.7 Å². The van der Waals surface area contributed by atoms with Gasteiger partial charge in [0.15, 0.2) is 5.96 Å². The van der Waals surface area contributed by atoms with Crippen molar-refractivity contribution in [1.29, 1.82) is 0 Å². The highest BCUT2D eigenvalue weighted by Gasteiger charge is 2.41. The Hall–Kier alpha value is -3.43. The molecule has 2 amide bonds. The fourth-order valence-electron chi connectivity index (χ4n) is 5.54. The van der Waals surface area contributed by atoms with E-state index in [2.05, 4.69) is 5.32 Å². The van der Waals surface area contributed by atoms with Crippen LogP contribution in [0, 0.1) is 0 Å². The first-order valence-corrected chi connectivity index (χ1v) is 14.0. The van der Waals surface area contributed by atoms with Crippen LogP contribution in [0.3, 0.4) is 0 Å². The van der Waals surface area contributed by atoms with Gasteiger partial charge in [-0.3, -0.25) is 14.5 Å². The second-order valence-electron chi connectivity index (χ2n) is 11.2. The molecule has 0 fully saturated rings. The Kier molecular flexibility index (Phi) is 9.15. The number of benzene rings is 2. The first-order chi connectivity index (χ1) is 19.1. The summed E-state index contributed by atoms with van der Waals surface area (Å²) < 4.78 is 17.1. The lowest BCUT2D eigenvalue weighted by molar-refractivity contribution is -0.132. The highest BCUT2D eigenvalue weighted by molar-refractivity contribution is 6.00. The third-order valence-corrected chi connectivity index (χ3v) is 7.90. The van der Waals surface area contributed by atoms with Crippen LogP contribution >= 0.6 is 0 Å². The lowest BCUT2D eigenvalue weighted by Crippen LogP contribution is -2.53. The zero-order valence-corrected chi connectivity index (χ0v) is 24.2. The minimum atomic E-state index is -0.546. The van der Waals surface area contributed by atoms with Crippen LogP contribution in [0.25, 0.3) is 0 Å². The van der Waals surface area contributed by atoms with Crippen molar-refractivity contribution in [3.05, 3.63) is 65.2 Å². The van der Waals surface area contributed by atoms with Crippen molar-refractivity contribution >= 4 is 17.8 Å². The van der Waals surface area contributed by atoms with Gasteiger partial charge in [-0.25, -0.2) is 4.99 Å². The van der Waals surface area contributed by atoms with Gasteiger partial charge in [-0.1, -0.05) is 44.2 Å². The molecule has 2 aliphatic heterocycles. The van der Waals surface area contributed by atoms with Crippen molar-refractivity contribution in [3.8, 4) is 5.75 Å². The van der Waals surface area contributed by atoms with Gasteiger partial charge in [0.25, 0.3) is 5.91 Å². The summed E-state index contributed by atoms with van der Waals surface area (Å²) in [5.41, 5.74) is 7.71. The summed E-state index contributed by atoms with van der Waals surface area (Å²) in [6.07, 6.45) is 2.35. The van der Waals surface area contributed by atoms with Gasteiger partial charge in [0.2, 0.25) is 5.91 Å². The molecule has 216 valence electrons. The standard InChI is InChI=1S/C31H42N4O5/c1-6-31(7-2)19-27(36)35(29(32)34-31)25(20-39-16-15-38-5)21-11-10-12-22(17-21)28(37)33-24-18-30(3,4)40-26-14-9-8-13-23(24)26/h8-14,17,24-25H,6-7,15-16,18-20H2,1-5H3,(H2,32,34)(H,33,37)/t24-,25+/m0/s1. The Morgan fingerprint density at radius 1 is 1.18 bits per heavy atom. The molecule has 0 spiro atoms. The van der Waals surface area contributed by atoms with E-state index in [0.29, 0.717) is 25.2 Å². The lowest BCUT2D eigenvalue weighted by Gasteiger charge is -2.40. The average molecular weight is 551 g/mol.